The van der Waals surface area contributed by atoms with E-state index in [2.05, 4.69) is 6.92 Å². The van der Waals surface area contributed by atoms with Crippen LogP contribution < -0.4 is 0 Å². The molecule has 1 atom stereocenters. The van der Waals surface area contributed by atoms with E-state index >= 15 is 0 Å². The van der Waals surface area contributed by atoms with E-state index in [1.807, 2.05) is 6.07 Å². The number of rotatable bonds is 15. The van der Waals surface area contributed by atoms with E-state index < -0.39 is 6.10 Å². The smallest absolute Gasteiger partial charge is 0.198 e. The Hall–Kier alpha value is -1.48. The fourth-order valence-electron chi connectivity index (χ4n) is 2.74. The van der Waals surface area contributed by atoms with Crippen LogP contribution in [-0.2, 0) is 9.53 Å². The van der Waals surface area contributed by atoms with Crippen molar-refractivity contribution in [2.75, 3.05) is 6.61 Å². The molecule has 0 N–H and O–H groups in total. The van der Waals surface area contributed by atoms with E-state index in [0.29, 0.717) is 18.5 Å². The summed E-state index contributed by atoms with van der Waals surface area (Å²) in [6.07, 6.45) is 12.2. The molecule has 0 bridgehead atoms. The minimum absolute atomic E-state index is 0.252. The lowest BCUT2D eigenvalue weighted by molar-refractivity contribution is -0.115. The molecule has 1 unspecified atom stereocenters. The van der Waals surface area contributed by atoms with Gasteiger partial charge in [0.2, 0.25) is 0 Å². The largest absolute Gasteiger partial charge is 0.362 e. The second-order valence-corrected chi connectivity index (χ2v) is 6.34. The van der Waals surface area contributed by atoms with Gasteiger partial charge in [0.1, 0.15) is 0 Å². The summed E-state index contributed by atoms with van der Waals surface area (Å²) in [4.78, 5) is 23.2. The number of carbonyl (C=O) groups is 2. The molecule has 0 saturated heterocycles. The van der Waals surface area contributed by atoms with Gasteiger partial charge in [0, 0.05) is 12.2 Å². The van der Waals surface area contributed by atoms with Gasteiger partial charge in [0.15, 0.2) is 18.2 Å². The first-order chi connectivity index (χ1) is 11.8. The first-order valence-corrected chi connectivity index (χ1v) is 9.45. The van der Waals surface area contributed by atoms with E-state index in [-0.39, 0.29) is 5.78 Å². The number of hydrogen-bond acceptors (Lipinski definition) is 3. The van der Waals surface area contributed by atoms with Crippen molar-refractivity contribution in [1.29, 1.82) is 0 Å². The number of benzene rings is 1. The van der Waals surface area contributed by atoms with Crippen molar-refractivity contribution in [2.24, 2.45) is 0 Å². The number of ether oxygens (including phenoxy) is 1. The molecule has 0 radical (unpaired) electrons. The predicted molar refractivity (Wildman–Crippen MR) is 98.4 cm³/mol. The quantitative estimate of drug-likeness (QED) is 0.187. The fourth-order valence-corrected chi connectivity index (χ4v) is 2.74. The standard InChI is InChI=1S/C21H32O3/c1-2-3-4-5-6-7-8-9-10-14-17-24-20(18-22)21(23)19-15-12-11-13-16-19/h11-13,15-16,18,20H,2-10,14,17H2,1H3. The first kappa shape index (κ1) is 20.6. The second kappa shape index (κ2) is 13.9. The van der Waals surface area contributed by atoms with Gasteiger partial charge in [-0.2, -0.15) is 0 Å². The van der Waals surface area contributed by atoms with Gasteiger partial charge in [-0.15, -0.1) is 0 Å². The van der Waals surface area contributed by atoms with Crippen LogP contribution in [0.3, 0.4) is 0 Å². The maximum Gasteiger partial charge on any atom is 0.198 e. The Balaban J connectivity index is 2.05. The maximum atomic E-state index is 12.1. The number of hydrogen-bond donors (Lipinski definition) is 0. The van der Waals surface area contributed by atoms with E-state index in [0.717, 1.165) is 12.8 Å². The molecule has 1 rings (SSSR count). The zero-order chi connectivity index (χ0) is 17.5. The molecule has 134 valence electrons. The molecule has 3 heteroatoms. The topological polar surface area (TPSA) is 43.4 Å². The van der Waals surface area contributed by atoms with Gasteiger partial charge in [0.05, 0.1) is 0 Å². The fraction of sp³-hybridized carbons (Fsp3) is 0.619. The molecule has 3 nitrogen and oxygen atoms in total. The van der Waals surface area contributed by atoms with E-state index in [4.69, 9.17) is 4.74 Å². The highest BCUT2D eigenvalue weighted by molar-refractivity contribution is 6.07. The molecule has 0 aromatic heterocycles. The van der Waals surface area contributed by atoms with Crippen LogP contribution in [0.4, 0.5) is 0 Å². The normalized spacial score (nSPS) is 12.0. The molecule has 0 amide bonds. The third kappa shape index (κ3) is 8.97. The number of ketones is 1. The Labute approximate surface area is 146 Å². The summed E-state index contributed by atoms with van der Waals surface area (Å²) in [6, 6.07) is 8.84. The zero-order valence-electron chi connectivity index (χ0n) is 15.0. The van der Waals surface area contributed by atoms with Crippen LogP contribution in [0.2, 0.25) is 0 Å². The van der Waals surface area contributed by atoms with Crippen molar-refractivity contribution in [1.82, 2.24) is 0 Å². The molecular formula is C21H32O3. The van der Waals surface area contributed by atoms with Gasteiger partial charge in [-0.05, 0) is 6.42 Å². The van der Waals surface area contributed by atoms with Crippen LogP contribution in [-0.4, -0.2) is 24.8 Å². The molecule has 0 fully saturated rings. The van der Waals surface area contributed by atoms with Crippen molar-refractivity contribution < 1.29 is 14.3 Å². The molecule has 0 aliphatic rings. The SMILES string of the molecule is CCCCCCCCCCCCOC(C=O)C(=O)c1ccccc1. The number of carbonyl (C=O) groups excluding carboxylic acids is 2. The summed E-state index contributed by atoms with van der Waals surface area (Å²) < 4.78 is 5.46. The molecule has 0 heterocycles. The summed E-state index contributed by atoms with van der Waals surface area (Å²) in [5, 5.41) is 0. The van der Waals surface area contributed by atoms with Crippen molar-refractivity contribution in [2.45, 2.75) is 77.2 Å². The summed E-state index contributed by atoms with van der Waals surface area (Å²) in [5.74, 6) is -0.252. The molecule has 0 aliphatic heterocycles. The lowest BCUT2D eigenvalue weighted by Gasteiger charge is -2.11. The molecule has 0 saturated carbocycles. The minimum atomic E-state index is -0.967. The lowest BCUT2D eigenvalue weighted by atomic mass is 10.1. The van der Waals surface area contributed by atoms with E-state index in [9.17, 15) is 9.59 Å². The van der Waals surface area contributed by atoms with Crippen molar-refractivity contribution in [3.8, 4) is 0 Å². The molecule has 0 aliphatic carbocycles. The Kier molecular flexibility index (Phi) is 11.9. The van der Waals surface area contributed by atoms with Crippen LogP contribution >= 0.6 is 0 Å². The molecule has 24 heavy (non-hydrogen) atoms. The monoisotopic (exact) mass is 332 g/mol. The lowest BCUT2D eigenvalue weighted by Crippen LogP contribution is -2.26. The van der Waals surface area contributed by atoms with Crippen LogP contribution in [0.15, 0.2) is 30.3 Å². The Morgan fingerprint density at radius 1 is 0.917 bits per heavy atom. The summed E-state index contributed by atoms with van der Waals surface area (Å²) in [7, 11) is 0. The predicted octanol–water partition coefficient (Wildman–Crippen LogP) is 5.37. The van der Waals surface area contributed by atoms with Crippen molar-refractivity contribution in [3.05, 3.63) is 35.9 Å². The van der Waals surface area contributed by atoms with E-state index in [1.54, 1.807) is 24.3 Å². The third-order valence-corrected chi connectivity index (χ3v) is 4.24. The highest BCUT2D eigenvalue weighted by Crippen LogP contribution is 2.11. The van der Waals surface area contributed by atoms with E-state index in [1.165, 1.54) is 51.4 Å². The summed E-state index contributed by atoms with van der Waals surface area (Å²) >= 11 is 0. The van der Waals surface area contributed by atoms with Gasteiger partial charge in [0.25, 0.3) is 0 Å². The average Bonchev–Trinajstić information content (AvgIpc) is 2.63. The zero-order valence-corrected chi connectivity index (χ0v) is 15.0. The number of aldehydes is 1. The van der Waals surface area contributed by atoms with Gasteiger partial charge in [-0.1, -0.05) is 95.0 Å². The van der Waals surface area contributed by atoms with Crippen LogP contribution in [0.5, 0.6) is 0 Å². The summed E-state index contributed by atoms with van der Waals surface area (Å²) in [5.41, 5.74) is 0.526. The van der Waals surface area contributed by atoms with Crippen LogP contribution in [0.25, 0.3) is 0 Å². The highest BCUT2D eigenvalue weighted by atomic mass is 16.5. The Bertz CT molecular complexity index is 442. The Morgan fingerprint density at radius 2 is 1.46 bits per heavy atom. The van der Waals surface area contributed by atoms with Gasteiger partial charge in [-0.3, -0.25) is 9.59 Å². The Morgan fingerprint density at radius 3 is 2.00 bits per heavy atom. The molecule has 1 aromatic carbocycles. The average molecular weight is 332 g/mol. The van der Waals surface area contributed by atoms with Crippen LogP contribution in [0.1, 0.15) is 81.5 Å². The highest BCUT2D eigenvalue weighted by Gasteiger charge is 2.19. The number of Topliss-reactive ketones (excluding diaryl/α,β-unsaturated/α-hetero) is 1. The van der Waals surface area contributed by atoms with Crippen molar-refractivity contribution >= 4 is 12.1 Å². The summed E-state index contributed by atoms with van der Waals surface area (Å²) in [6.45, 7) is 2.71. The molecule has 0 spiro atoms. The third-order valence-electron chi connectivity index (χ3n) is 4.24. The molecular weight excluding hydrogens is 300 g/mol. The van der Waals surface area contributed by atoms with Gasteiger partial charge < -0.3 is 4.74 Å². The van der Waals surface area contributed by atoms with Gasteiger partial charge >= 0.3 is 0 Å². The van der Waals surface area contributed by atoms with Crippen LogP contribution in [0, 0.1) is 0 Å². The van der Waals surface area contributed by atoms with Gasteiger partial charge in [-0.25, -0.2) is 0 Å². The van der Waals surface area contributed by atoms with Crippen molar-refractivity contribution in [3.63, 3.8) is 0 Å². The first-order valence-electron chi connectivity index (χ1n) is 9.45. The minimum Gasteiger partial charge on any atom is -0.362 e. The molecule has 1 aromatic rings. The number of unbranched alkanes of at least 4 members (excludes halogenated alkanes) is 9. The second-order valence-electron chi connectivity index (χ2n) is 6.34. The maximum absolute atomic E-state index is 12.1.